The zero-order valence-corrected chi connectivity index (χ0v) is 21.3. The fourth-order valence-electron chi connectivity index (χ4n) is 5.25. The molecule has 2 fully saturated rings. The Morgan fingerprint density at radius 3 is 2.34 bits per heavy atom. The number of nitrogens with zero attached hydrogens (tertiary/aromatic N) is 2. The molecule has 38 heavy (non-hydrogen) atoms. The maximum atomic E-state index is 13.3. The molecule has 3 amide bonds. The minimum atomic E-state index is -1.22. The Balaban J connectivity index is 1.38. The zero-order valence-electron chi connectivity index (χ0n) is 20.5. The van der Waals surface area contributed by atoms with Gasteiger partial charge in [0.25, 0.3) is 5.91 Å². The first-order valence-electron chi connectivity index (χ1n) is 12.6. The molecule has 0 bridgehead atoms. The van der Waals surface area contributed by atoms with Crippen LogP contribution >= 0.6 is 11.6 Å². The van der Waals surface area contributed by atoms with Crippen molar-refractivity contribution in [3.63, 3.8) is 0 Å². The Hall–Kier alpha value is -3.92. The van der Waals surface area contributed by atoms with Crippen molar-refractivity contribution < 1.29 is 28.7 Å². The van der Waals surface area contributed by atoms with Crippen molar-refractivity contribution in [3.8, 4) is 0 Å². The highest BCUT2D eigenvalue weighted by Crippen LogP contribution is 2.37. The van der Waals surface area contributed by atoms with Crippen LogP contribution in [0.2, 0.25) is 5.02 Å². The van der Waals surface area contributed by atoms with Gasteiger partial charge < -0.3 is 25.1 Å². The lowest BCUT2D eigenvalue weighted by Gasteiger charge is -2.29. The number of anilines is 2. The molecule has 1 aliphatic carbocycles. The first-order valence-corrected chi connectivity index (χ1v) is 13.0. The molecule has 0 spiro atoms. The van der Waals surface area contributed by atoms with Crippen molar-refractivity contribution in [1.82, 2.24) is 9.88 Å². The summed E-state index contributed by atoms with van der Waals surface area (Å²) in [5, 5.41) is 15.6. The molecule has 2 aromatic heterocycles. The number of fused-ring (bicyclic) bond motifs is 1. The number of carbonyl (C=O) groups is 4. The Kier molecular flexibility index (Phi) is 7.33. The largest absolute Gasteiger partial charge is 0.478 e. The molecule has 0 radical (unpaired) electrons. The van der Waals surface area contributed by atoms with E-state index in [-0.39, 0.29) is 57.4 Å². The van der Waals surface area contributed by atoms with E-state index < -0.39 is 11.9 Å². The highest BCUT2D eigenvalue weighted by molar-refractivity contribution is 6.30. The maximum absolute atomic E-state index is 13.3. The van der Waals surface area contributed by atoms with Crippen LogP contribution in [0.3, 0.4) is 0 Å². The number of carbonyl (C=O) groups excluding carboxylic acids is 3. The number of aromatic nitrogens is 1. The van der Waals surface area contributed by atoms with Crippen LogP contribution in [0.5, 0.6) is 0 Å². The smallest absolute Gasteiger partial charge is 0.336 e. The second-order valence-electron chi connectivity index (χ2n) is 9.68. The predicted octanol–water partition coefficient (Wildman–Crippen LogP) is 4.80. The van der Waals surface area contributed by atoms with E-state index in [0.717, 1.165) is 25.9 Å². The summed E-state index contributed by atoms with van der Waals surface area (Å²) in [5.74, 6) is -2.61. The molecule has 0 atom stereocenters. The van der Waals surface area contributed by atoms with Gasteiger partial charge in [-0.15, -0.1) is 0 Å². The highest BCUT2D eigenvalue weighted by Gasteiger charge is 2.34. The SMILES string of the molecule is O=C(Nc1ccc(Cl)cn1)c1oc2cccc(C(=O)O)c2c1NC(=O)[C@H]1CC[C@H](C(=O)N2CCCC2)CC1. The number of hydrogen-bond donors (Lipinski definition) is 3. The Morgan fingerprint density at radius 1 is 0.974 bits per heavy atom. The number of benzene rings is 1. The van der Waals surface area contributed by atoms with E-state index in [0.29, 0.717) is 30.7 Å². The molecule has 3 aromatic rings. The summed E-state index contributed by atoms with van der Waals surface area (Å²) in [6.07, 6.45) is 5.69. The van der Waals surface area contributed by atoms with Crippen LogP contribution in [0.25, 0.3) is 11.0 Å². The number of rotatable bonds is 6. The van der Waals surface area contributed by atoms with E-state index in [1.54, 1.807) is 6.07 Å². The van der Waals surface area contributed by atoms with Crippen LogP contribution in [0.4, 0.5) is 11.5 Å². The average Bonchev–Trinajstić information content (AvgIpc) is 3.58. The van der Waals surface area contributed by atoms with Gasteiger partial charge in [-0.05, 0) is 62.8 Å². The van der Waals surface area contributed by atoms with E-state index in [1.165, 1.54) is 30.5 Å². The molecule has 1 aliphatic heterocycles. The van der Waals surface area contributed by atoms with E-state index >= 15 is 0 Å². The van der Waals surface area contributed by atoms with Gasteiger partial charge in [0.2, 0.25) is 17.6 Å². The van der Waals surface area contributed by atoms with Crippen LogP contribution < -0.4 is 10.6 Å². The summed E-state index contributed by atoms with van der Waals surface area (Å²) < 4.78 is 5.75. The van der Waals surface area contributed by atoms with Crippen molar-refractivity contribution in [2.75, 3.05) is 23.7 Å². The molecular formula is C27H27ClN4O6. The maximum Gasteiger partial charge on any atom is 0.336 e. The van der Waals surface area contributed by atoms with Crippen molar-refractivity contribution in [2.24, 2.45) is 11.8 Å². The summed E-state index contributed by atoms with van der Waals surface area (Å²) in [4.78, 5) is 57.2. The molecule has 11 heteroatoms. The number of hydrogen-bond acceptors (Lipinski definition) is 6. The molecule has 10 nitrogen and oxygen atoms in total. The van der Waals surface area contributed by atoms with Gasteiger partial charge in [0.05, 0.1) is 16.0 Å². The van der Waals surface area contributed by atoms with E-state index in [2.05, 4.69) is 15.6 Å². The van der Waals surface area contributed by atoms with E-state index in [1.807, 2.05) is 4.90 Å². The quantitative estimate of drug-likeness (QED) is 0.409. The molecule has 1 aromatic carbocycles. The third-order valence-electron chi connectivity index (χ3n) is 7.23. The molecule has 1 saturated heterocycles. The minimum Gasteiger partial charge on any atom is -0.478 e. The summed E-state index contributed by atoms with van der Waals surface area (Å²) in [7, 11) is 0. The summed E-state index contributed by atoms with van der Waals surface area (Å²) in [6.45, 7) is 1.60. The molecule has 1 saturated carbocycles. The fraction of sp³-hybridized carbons (Fsp3) is 0.370. The molecule has 198 valence electrons. The number of furan rings is 1. The van der Waals surface area contributed by atoms with Gasteiger partial charge in [-0.3, -0.25) is 14.4 Å². The van der Waals surface area contributed by atoms with Gasteiger partial charge in [0.1, 0.15) is 17.1 Å². The Morgan fingerprint density at radius 2 is 1.68 bits per heavy atom. The molecule has 5 rings (SSSR count). The summed E-state index contributed by atoms with van der Waals surface area (Å²) in [5.41, 5.74) is 0.0317. The minimum absolute atomic E-state index is 0.00951. The monoisotopic (exact) mass is 538 g/mol. The first-order chi connectivity index (χ1) is 18.3. The van der Waals surface area contributed by atoms with Gasteiger partial charge in [0.15, 0.2) is 0 Å². The molecule has 2 aliphatic rings. The normalized spacial score (nSPS) is 19.3. The standard InChI is InChI=1S/C27H27ClN4O6/c28-17-10-11-20(29-14-17)30-25(34)23-22(21-18(27(36)37)4-3-5-19(21)38-23)31-24(33)15-6-8-16(9-7-15)26(35)32-12-1-2-13-32/h3-5,10-11,14-16H,1-2,6-9,12-13H2,(H,31,33)(H,36,37)(H,29,30,34)/t15-,16-. The van der Waals surface area contributed by atoms with Gasteiger partial charge in [-0.2, -0.15) is 0 Å². The lowest BCUT2D eigenvalue weighted by Crippen LogP contribution is -2.37. The van der Waals surface area contributed by atoms with Crippen LogP contribution in [-0.2, 0) is 9.59 Å². The number of aromatic carboxylic acids is 1. The fourth-order valence-corrected chi connectivity index (χ4v) is 5.36. The number of pyridine rings is 1. The predicted molar refractivity (Wildman–Crippen MR) is 140 cm³/mol. The second kappa shape index (κ2) is 10.8. The number of likely N-dealkylation sites (tertiary alicyclic amines) is 1. The summed E-state index contributed by atoms with van der Waals surface area (Å²) >= 11 is 5.86. The van der Waals surface area contributed by atoms with Crippen molar-refractivity contribution in [2.45, 2.75) is 38.5 Å². The molecular weight excluding hydrogens is 512 g/mol. The van der Waals surface area contributed by atoms with Gasteiger partial charge in [-0.25, -0.2) is 9.78 Å². The number of carboxylic acids is 1. The number of carboxylic acid groups (broad SMARTS) is 1. The Labute approximate surface area is 223 Å². The van der Waals surface area contributed by atoms with E-state index in [9.17, 15) is 24.3 Å². The molecule has 3 heterocycles. The summed E-state index contributed by atoms with van der Waals surface area (Å²) in [6, 6.07) is 7.48. The molecule has 3 N–H and O–H groups in total. The third-order valence-corrected chi connectivity index (χ3v) is 7.46. The zero-order chi connectivity index (χ0) is 26.8. The van der Waals surface area contributed by atoms with Crippen LogP contribution in [0.15, 0.2) is 40.9 Å². The molecule has 0 unspecified atom stereocenters. The van der Waals surface area contributed by atoms with Gasteiger partial charge >= 0.3 is 5.97 Å². The lowest BCUT2D eigenvalue weighted by atomic mass is 9.81. The first kappa shape index (κ1) is 25.7. The average molecular weight is 539 g/mol. The van der Waals surface area contributed by atoms with Crippen molar-refractivity contribution in [1.29, 1.82) is 0 Å². The lowest BCUT2D eigenvalue weighted by molar-refractivity contribution is -0.136. The number of nitrogens with one attached hydrogen (secondary N) is 2. The van der Waals surface area contributed by atoms with Crippen LogP contribution in [0.1, 0.15) is 59.4 Å². The van der Waals surface area contributed by atoms with Crippen molar-refractivity contribution in [3.05, 3.63) is 52.9 Å². The third kappa shape index (κ3) is 5.22. The van der Waals surface area contributed by atoms with E-state index in [4.69, 9.17) is 16.0 Å². The van der Waals surface area contributed by atoms with Crippen LogP contribution in [-0.4, -0.2) is 51.8 Å². The van der Waals surface area contributed by atoms with Gasteiger partial charge in [0, 0.05) is 31.1 Å². The van der Waals surface area contributed by atoms with Crippen LogP contribution in [0, 0.1) is 11.8 Å². The second-order valence-corrected chi connectivity index (χ2v) is 10.1. The van der Waals surface area contributed by atoms with Gasteiger partial charge in [-0.1, -0.05) is 17.7 Å². The number of halogens is 1. The number of amides is 3. The van der Waals surface area contributed by atoms with Crippen molar-refractivity contribution >= 4 is 57.8 Å². The highest BCUT2D eigenvalue weighted by atomic mass is 35.5. The topological polar surface area (TPSA) is 142 Å². The Bertz CT molecular complexity index is 1390.